The van der Waals surface area contributed by atoms with Crippen molar-refractivity contribution in [3.8, 4) is 28.5 Å². The molecule has 4 rings (SSSR count). The third-order valence-corrected chi connectivity index (χ3v) is 15.0. The Morgan fingerprint density at radius 2 is 1.61 bits per heavy atom. The fourth-order valence-corrected chi connectivity index (χ4v) is 12.0. The van der Waals surface area contributed by atoms with Gasteiger partial charge in [-0.1, -0.05) is 41.5 Å². The smallest absolute Gasteiger partial charge is 0.233 e. The summed E-state index contributed by atoms with van der Waals surface area (Å²) in [5.41, 5.74) is 3.68. The maximum atomic E-state index is 13.3. The molecule has 0 aliphatic carbocycles. The number of benzene rings is 1. The summed E-state index contributed by atoms with van der Waals surface area (Å²) in [6.07, 6.45) is 1.62. The van der Waals surface area contributed by atoms with Gasteiger partial charge in [-0.25, -0.2) is 22.8 Å². The number of nitrogens with one attached hydrogen (secondary N) is 1. The number of rotatable bonds is 14. The van der Waals surface area contributed by atoms with Gasteiger partial charge in [0.2, 0.25) is 14.2 Å². The molecule has 0 saturated heterocycles. The molecule has 2 atom stereocenters. The molecule has 240 valence electrons. The average molecular weight is 646 g/mol. The van der Waals surface area contributed by atoms with Crippen LogP contribution in [0.25, 0.3) is 11.3 Å². The van der Waals surface area contributed by atoms with Gasteiger partial charge in [-0.15, -0.1) is 0 Å². The van der Waals surface area contributed by atoms with Crippen molar-refractivity contribution in [3.63, 3.8) is 0 Å². The molecule has 2 aromatic heterocycles. The van der Waals surface area contributed by atoms with Crippen LogP contribution in [0.3, 0.4) is 0 Å². The molecule has 44 heavy (non-hydrogen) atoms. The Morgan fingerprint density at radius 3 is 2.20 bits per heavy atom. The summed E-state index contributed by atoms with van der Waals surface area (Å²) >= 11 is 0. The minimum absolute atomic E-state index is 0.0506. The maximum Gasteiger partial charge on any atom is 0.233 e. The number of hydrogen-bond acceptors (Lipinski definition) is 8. The zero-order valence-corrected chi connectivity index (χ0v) is 28.6. The Hall–Kier alpha value is -3.22. The van der Waals surface area contributed by atoms with E-state index in [2.05, 4.69) is 56.5 Å². The van der Waals surface area contributed by atoms with E-state index in [9.17, 15) is 12.8 Å². The van der Waals surface area contributed by atoms with Gasteiger partial charge in [-0.2, -0.15) is 0 Å². The number of halogens is 1. The Morgan fingerprint density at radius 1 is 0.955 bits per heavy atom. The topological polar surface area (TPSA) is 112 Å². The number of pyridine rings is 1. The van der Waals surface area contributed by atoms with E-state index in [1.54, 1.807) is 25.1 Å². The highest BCUT2D eigenvalue weighted by atomic mass is 32.2. The standard InChI is InChI=1S/C32H44FN3O6SSi/c1-20(2)44(21(3)4,22(5)6)39-19-28-18-35-32(42-28)30-11-10-29(36-30)24-13-26(40-23(7)16-33)15-27(14-24)41-25-9-12-31(34-17-25)43(8,37)38/h9-15,17,20-23,28,36H,16,18-19H2,1-8H3/t23-,28+/m0/s1. The lowest BCUT2D eigenvalue weighted by atomic mass is 10.1. The lowest BCUT2D eigenvalue weighted by molar-refractivity contribution is 0.131. The molecule has 1 aromatic carbocycles. The largest absolute Gasteiger partial charge is 0.488 e. The molecule has 12 heteroatoms. The van der Waals surface area contributed by atoms with Crippen LogP contribution in [0.4, 0.5) is 4.39 Å². The highest BCUT2D eigenvalue weighted by Crippen LogP contribution is 2.42. The van der Waals surface area contributed by atoms with Crippen molar-refractivity contribution in [3.05, 3.63) is 54.4 Å². The van der Waals surface area contributed by atoms with Crippen molar-refractivity contribution in [1.82, 2.24) is 9.97 Å². The van der Waals surface area contributed by atoms with E-state index >= 15 is 0 Å². The van der Waals surface area contributed by atoms with Gasteiger partial charge in [0.05, 0.1) is 19.3 Å². The molecule has 0 bridgehead atoms. The molecule has 0 radical (unpaired) electrons. The van der Waals surface area contributed by atoms with Crippen LogP contribution in [0.5, 0.6) is 17.2 Å². The van der Waals surface area contributed by atoms with Gasteiger partial charge in [-0.3, -0.25) is 0 Å². The quantitative estimate of drug-likeness (QED) is 0.183. The van der Waals surface area contributed by atoms with Crippen LogP contribution < -0.4 is 9.47 Å². The van der Waals surface area contributed by atoms with Crippen LogP contribution in [-0.4, -0.2) is 70.9 Å². The SMILES string of the molecule is CC(C)[Si](OC[C@H]1CN=C(c2ccc(-c3cc(Oc4ccc(S(C)(=O)=O)nc4)cc(O[C@@H](C)CF)c3)[nH]2)O1)(C(C)C)C(C)C. The molecule has 1 aliphatic rings. The number of nitrogens with zero attached hydrogens (tertiary/aromatic N) is 2. The second-order valence-corrected chi connectivity index (χ2v) is 19.7. The summed E-state index contributed by atoms with van der Waals surface area (Å²) in [6, 6.07) is 12.0. The number of aromatic amines is 1. The number of alkyl halides is 1. The molecule has 3 heterocycles. The van der Waals surface area contributed by atoms with E-state index in [1.165, 1.54) is 18.3 Å². The number of aliphatic imine (C=N–C) groups is 1. The summed E-state index contributed by atoms with van der Waals surface area (Å²) in [5.74, 6) is 1.70. The third-order valence-electron chi connectivity index (χ3n) is 7.93. The fraction of sp³-hybridized carbons (Fsp3) is 0.500. The second kappa shape index (κ2) is 13.8. The monoisotopic (exact) mass is 645 g/mol. The summed E-state index contributed by atoms with van der Waals surface area (Å²) in [6.45, 7) is 15.6. The van der Waals surface area contributed by atoms with Crippen LogP contribution in [0.2, 0.25) is 16.6 Å². The summed E-state index contributed by atoms with van der Waals surface area (Å²) in [4.78, 5) is 12.0. The van der Waals surface area contributed by atoms with E-state index in [0.29, 0.717) is 52.9 Å². The number of hydrogen-bond donors (Lipinski definition) is 1. The van der Waals surface area contributed by atoms with Crippen molar-refractivity contribution < 1.29 is 31.4 Å². The molecular formula is C32H44FN3O6SSi. The molecule has 3 aromatic rings. The van der Waals surface area contributed by atoms with Gasteiger partial charge in [0.25, 0.3) is 0 Å². The van der Waals surface area contributed by atoms with Gasteiger partial charge in [0, 0.05) is 23.6 Å². The Labute approximate surface area is 261 Å². The first-order valence-corrected chi connectivity index (χ1v) is 19.0. The van der Waals surface area contributed by atoms with Crippen LogP contribution >= 0.6 is 0 Å². The minimum atomic E-state index is -3.44. The maximum absolute atomic E-state index is 13.3. The predicted octanol–water partition coefficient (Wildman–Crippen LogP) is 7.35. The van der Waals surface area contributed by atoms with Crippen molar-refractivity contribution >= 4 is 24.1 Å². The van der Waals surface area contributed by atoms with Crippen LogP contribution in [-0.2, 0) is 19.0 Å². The Balaban J connectivity index is 1.51. The van der Waals surface area contributed by atoms with Gasteiger partial charge in [0.15, 0.2) is 14.9 Å². The van der Waals surface area contributed by atoms with Gasteiger partial charge in [0.1, 0.15) is 41.8 Å². The molecular weight excluding hydrogens is 602 g/mol. The van der Waals surface area contributed by atoms with Gasteiger partial charge >= 0.3 is 0 Å². The molecule has 0 spiro atoms. The lowest BCUT2D eigenvalue weighted by Gasteiger charge is -2.42. The average Bonchev–Trinajstić information content (AvgIpc) is 3.63. The van der Waals surface area contributed by atoms with E-state index < -0.39 is 30.9 Å². The van der Waals surface area contributed by atoms with E-state index in [1.807, 2.05) is 12.1 Å². The Bertz CT molecular complexity index is 1530. The van der Waals surface area contributed by atoms with Gasteiger partial charge < -0.3 is 23.6 Å². The molecule has 0 saturated carbocycles. The first kappa shape index (κ1) is 33.7. The molecule has 0 fully saturated rings. The second-order valence-electron chi connectivity index (χ2n) is 12.3. The zero-order chi connectivity index (χ0) is 32.2. The fourth-order valence-electron chi connectivity index (χ4n) is 5.98. The summed E-state index contributed by atoms with van der Waals surface area (Å²) < 4.78 is 61.5. The number of sulfone groups is 1. The van der Waals surface area contributed by atoms with Crippen molar-refractivity contribution in [1.29, 1.82) is 0 Å². The summed E-state index contributed by atoms with van der Waals surface area (Å²) in [7, 11) is -5.46. The van der Waals surface area contributed by atoms with E-state index in [4.69, 9.17) is 18.6 Å². The summed E-state index contributed by atoms with van der Waals surface area (Å²) in [5, 5.41) is -0.0506. The third kappa shape index (κ3) is 7.70. The first-order valence-electron chi connectivity index (χ1n) is 15.0. The van der Waals surface area contributed by atoms with Crippen molar-refractivity contribution in [2.45, 2.75) is 82.3 Å². The normalized spacial score (nSPS) is 16.4. The molecule has 1 aliphatic heterocycles. The zero-order valence-electron chi connectivity index (χ0n) is 26.8. The van der Waals surface area contributed by atoms with Crippen molar-refractivity contribution in [2.75, 3.05) is 26.1 Å². The minimum Gasteiger partial charge on any atom is -0.488 e. The van der Waals surface area contributed by atoms with Gasteiger partial charge in [-0.05, 0) is 59.9 Å². The van der Waals surface area contributed by atoms with Crippen LogP contribution in [0, 0.1) is 0 Å². The highest BCUT2D eigenvalue weighted by Gasteiger charge is 2.45. The lowest BCUT2D eigenvalue weighted by Crippen LogP contribution is -2.49. The van der Waals surface area contributed by atoms with Crippen LogP contribution in [0.15, 0.2) is 58.7 Å². The van der Waals surface area contributed by atoms with Crippen LogP contribution in [0.1, 0.15) is 54.2 Å². The molecule has 0 unspecified atom stereocenters. The number of H-pyrrole nitrogens is 1. The van der Waals surface area contributed by atoms with Crippen molar-refractivity contribution in [2.24, 2.45) is 4.99 Å². The Kier molecular flexibility index (Phi) is 10.6. The predicted molar refractivity (Wildman–Crippen MR) is 173 cm³/mol. The molecule has 1 N–H and O–H groups in total. The molecule has 0 amide bonds. The first-order chi connectivity index (χ1) is 20.7. The number of aromatic nitrogens is 2. The molecule has 9 nitrogen and oxygen atoms in total. The highest BCUT2D eigenvalue weighted by molar-refractivity contribution is 7.90. The van der Waals surface area contributed by atoms with E-state index in [0.717, 1.165) is 23.2 Å². The number of ether oxygens (including phenoxy) is 3. The van der Waals surface area contributed by atoms with E-state index in [-0.39, 0.29) is 11.1 Å².